The minimum absolute atomic E-state index is 0. The lowest BCUT2D eigenvalue weighted by Gasteiger charge is -2.23. The summed E-state index contributed by atoms with van der Waals surface area (Å²) >= 11 is 0. The number of fused-ring (bicyclic) bond motifs is 1. The number of halogens is 1. The first-order chi connectivity index (χ1) is 10.1. The Kier molecular flexibility index (Phi) is 5.15. The van der Waals surface area contributed by atoms with Gasteiger partial charge >= 0.3 is 0 Å². The van der Waals surface area contributed by atoms with Crippen molar-refractivity contribution in [3.8, 4) is 0 Å². The van der Waals surface area contributed by atoms with Crippen molar-refractivity contribution in [2.75, 3.05) is 13.1 Å². The summed E-state index contributed by atoms with van der Waals surface area (Å²) < 4.78 is 1.42. The average molecular weight is 323 g/mol. The molecule has 2 N–H and O–H groups in total. The molecule has 2 aromatic heterocycles. The molecule has 1 amide bonds. The van der Waals surface area contributed by atoms with Crippen molar-refractivity contribution in [2.24, 2.45) is 0 Å². The molecule has 1 atom stereocenters. The Bertz CT molecular complexity index is 738. The number of carbonyl (C=O) groups excluding carboxylic acids is 1. The number of piperidine rings is 1. The van der Waals surface area contributed by atoms with Crippen LogP contribution in [0.25, 0.3) is 5.65 Å². The van der Waals surface area contributed by atoms with Crippen molar-refractivity contribution in [2.45, 2.75) is 25.8 Å². The summed E-state index contributed by atoms with van der Waals surface area (Å²) in [6.45, 7) is 3.62. The number of aryl methyl sites for hydroxylation is 1. The zero-order valence-electron chi connectivity index (χ0n) is 12.3. The monoisotopic (exact) mass is 322 g/mol. The molecule has 0 saturated carbocycles. The quantitative estimate of drug-likeness (QED) is 0.861. The standard InChI is InChI=1S/C15H18N4O2.ClH/c1-10-4-5-13-17-8-12(15(21)19(13)9-10)14(20)18-11-3-2-6-16-7-11;/h4-5,8-9,11,16H,2-3,6-7H2,1H3,(H,18,20);1H/t11-;/m0./s1. The van der Waals surface area contributed by atoms with Gasteiger partial charge in [0.2, 0.25) is 0 Å². The van der Waals surface area contributed by atoms with Gasteiger partial charge in [-0.1, -0.05) is 6.07 Å². The summed E-state index contributed by atoms with van der Waals surface area (Å²) in [4.78, 5) is 28.9. The number of rotatable bonds is 2. The summed E-state index contributed by atoms with van der Waals surface area (Å²) in [5.74, 6) is -0.350. The van der Waals surface area contributed by atoms with Crippen molar-refractivity contribution in [1.29, 1.82) is 0 Å². The summed E-state index contributed by atoms with van der Waals surface area (Å²) in [5.41, 5.74) is 1.25. The van der Waals surface area contributed by atoms with Gasteiger partial charge in [0, 0.05) is 25.0 Å². The summed E-state index contributed by atoms with van der Waals surface area (Å²) in [6, 6.07) is 3.72. The summed E-state index contributed by atoms with van der Waals surface area (Å²) in [5, 5.41) is 6.13. The number of pyridine rings is 1. The summed E-state index contributed by atoms with van der Waals surface area (Å²) in [7, 11) is 0. The molecule has 0 unspecified atom stereocenters. The Morgan fingerprint density at radius 2 is 2.27 bits per heavy atom. The van der Waals surface area contributed by atoms with Gasteiger partial charge in [-0.05, 0) is 37.9 Å². The van der Waals surface area contributed by atoms with E-state index in [-0.39, 0.29) is 35.5 Å². The van der Waals surface area contributed by atoms with E-state index in [2.05, 4.69) is 15.6 Å². The molecule has 1 aliphatic rings. The minimum Gasteiger partial charge on any atom is -0.348 e. The Hall–Kier alpha value is -1.92. The van der Waals surface area contributed by atoms with E-state index in [4.69, 9.17) is 0 Å². The fraction of sp³-hybridized carbons (Fsp3) is 0.400. The van der Waals surface area contributed by atoms with Crippen LogP contribution in [0.15, 0.2) is 29.3 Å². The van der Waals surface area contributed by atoms with Crippen LogP contribution in [0, 0.1) is 6.92 Å². The smallest absolute Gasteiger partial charge is 0.270 e. The number of nitrogens with zero attached hydrogens (tertiary/aromatic N) is 2. The molecule has 3 heterocycles. The molecule has 0 radical (unpaired) electrons. The van der Waals surface area contributed by atoms with Gasteiger partial charge in [0.05, 0.1) is 0 Å². The summed E-state index contributed by atoms with van der Waals surface area (Å²) in [6.07, 6.45) is 5.02. The Morgan fingerprint density at radius 1 is 1.45 bits per heavy atom. The molecule has 1 fully saturated rings. The second-order valence-corrected chi connectivity index (χ2v) is 5.43. The highest BCUT2D eigenvalue weighted by Gasteiger charge is 2.19. The predicted octanol–water partition coefficient (Wildman–Crippen LogP) is 0.907. The molecule has 3 rings (SSSR count). The molecule has 0 bridgehead atoms. The zero-order valence-corrected chi connectivity index (χ0v) is 13.2. The minimum atomic E-state index is -0.350. The van der Waals surface area contributed by atoms with Crippen LogP contribution in [0.5, 0.6) is 0 Å². The van der Waals surface area contributed by atoms with Crippen molar-refractivity contribution < 1.29 is 4.79 Å². The third-order valence-corrected chi connectivity index (χ3v) is 3.73. The first-order valence-electron chi connectivity index (χ1n) is 7.15. The molecule has 0 spiro atoms. The largest absolute Gasteiger partial charge is 0.348 e. The highest BCUT2D eigenvalue weighted by atomic mass is 35.5. The van der Waals surface area contributed by atoms with E-state index in [1.165, 1.54) is 10.6 Å². The number of carbonyl (C=O) groups is 1. The van der Waals surface area contributed by atoms with E-state index in [1.807, 2.05) is 13.0 Å². The lowest BCUT2D eigenvalue weighted by molar-refractivity contribution is 0.0928. The van der Waals surface area contributed by atoms with Crippen LogP contribution in [0.2, 0.25) is 0 Å². The van der Waals surface area contributed by atoms with E-state index in [0.717, 1.165) is 31.5 Å². The molecule has 22 heavy (non-hydrogen) atoms. The maximum absolute atomic E-state index is 12.4. The van der Waals surface area contributed by atoms with Gasteiger partial charge < -0.3 is 10.6 Å². The van der Waals surface area contributed by atoms with E-state index >= 15 is 0 Å². The number of aromatic nitrogens is 2. The second-order valence-electron chi connectivity index (χ2n) is 5.43. The predicted molar refractivity (Wildman–Crippen MR) is 86.8 cm³/mol. The van der Waals surface area contributed by atoms with Gasteiger partial charge in [0.15, 0.2) is 0 Å². The number of amides is 1. The van der Waals surface area contributed by atoms with Crippen molar-refractivity contribution in [1.82, 2.24) is 20.0 Å². The number of hydrogen-bond donors (Lipinski definition) is 2. The maximum Gasteiger partial charge on any atom is 0.270 e. The van der Waals surface area contributed by atoms with E-state index in [0.29, 0.717) is 5.65 Å². The Balaban J connectivity index is 0.00000176. The number of hydrogen-bond acceptors (Lipinski definition) is 4. The lowest BCUT2D eigenvalue weighted by Crippen LogP contribution is -2.46. The fourth-order valence-corrected chi connectivity index (χ4v) is 2.58. The van der Waals surface area contributed by atoms with Gasteiger partial charge in [-0.2, -0.15) is 0 Å². The van der Waals surface area contributed by atoms with Gasteiger partial charge in [-0.25, -0.2) is 4.98 Å². The van der Waals surface area contributed by atoms with Crippen molar-refractivity contribution in [3.63, 3.8) is 0 Å². The first-order valence-corrected chi connectivity index (χ1v) is 7.15. The van der Waals surface area contributed by atoms with Crippen molar-refractivity contribution >= 4 is 24.0 Å². The molecule has 1 saturated heterocycles. The molecular formula is C15H19ClN4O2. The van der Waals surface area contributed by atoms with Crippen LogP contribution in [0.4, 0.5) is 0 Å². The fourth-order valence-electron chi connectivity index (χ4n) is 2.58. The van der Waals surface area contributed by atoms with E-state index in [1.54, 1.807) is 12.3 Å². The normalized spacial score (nSPS) is 17.8. The topological polar surface area (TPSA) is 75.5 Å². The zero-order chi connectivity index (χ0) is 14.8. The highest BCUT2D eigenvalue weighted by molar-refractivity contribution is 5.93. The molecular weight excluding hydrogens is 304 g/mol. The van der Waals surface area contributed by atoms with Crippen LogP contribution >= 0.6 is 12.4 Å². The first kappa shape index (κ1) is 16.5. The van der Waals surface area contributed by atoms with Gasteiger partial charge in [0.25, 0.3) is 11.5 Å². The Labute approximate surface area is 134 Å². The average Bonchev–Trinajstić information content (AvgIpc) is 2.49. The third-order valence-electron chi connectivity index (χ3n) is 3.73. The molecule has 2 aromatic rings. The second kappa shape index (κ2) is 6.89. The van der Waals surface area contributed by atoms with Gasteiger partial charge in [-0.3, -0.25) is 14.0 Å². The molecule has 1 aliphatic heterocycles. The van der Waals surface area contributed by atoms with E-state index < -0.39 is 0 Å². The third kappa shape index (κ3) is 3.28. The molecule has 0 aromatic carbocycles. The molecule has 6 nitrogen and oxygen atoms in total. The number of nitrogens with one attached hydrogen (secondary N) is 2. The van der Waals surface area contributed by atoms with Crippen LogP contribution in [0.3, 0.4) is 0 Å². The van der Waals surface area contributed by atoms with Crippen LogP contribution in [-0.4, -0.2) is 34.4 Å². The van der Waals surface area contributed by atoms with E-state index in [9.17, 15) is 9.59 Å². The van der Waals surface area contributed by atoms with Gasteiger partial charge in [-0.15, -0.1) is 12.4 Å². The lowest BCUT2D eigenvalue weighted by atomic mass is 10.1. The molecule has 7 heteroatoms. The Morgan fingerprint density at radius 3 is 3.00 bits per heavy atom. The van der Waals surface area contributed by atoms with Crippen molar-refractivity contribution in [3.05, 3.63) is 46.0 Å². The molecule has 118 valence electrons. The van der Waals surface area contributed by atoms with Crippen LogP contribution in [0.1, 0.15) is 28.8 Å². The SMILES string of the molecule is Cc1ccc2ncc(C(=O)N[C@H]3CCCNC3)c(=O)n2c1.Cl. The maximum atomic E-state index is 12.4. The van der Waals surface area contributed by atoms with Gasteiger partial charge in [0.1, 0.15) is 11.2 Å². The van der Waals surface area contributed by atoms with Crippen LogP contribution < -0.4 is 16.2 Å². The molecule has 0 aliphatic carbocycles. The van der Waals surface area contributed by atoms with Crippen LogP contribution in [-0.2, 0) is 0 Å². The highest BCUT2D eigenvalue weighted by Crippen LogP contribution is 2.04.